The second-order valence-corrected chi connectivity index (χ2v) is 8.45. The number of nitrogens with zero attached hydrogens (tertiary/aromatic N) is 2. The van der Waals surface area contributed by atoms with Crippen LogP contribution < -0.4 is 5.43 Å². The number of carbonyl (C=O) groups excluding carboxylic acids is 1. The van der Waals surface area contributed by atoms with Crippen LogP contribution in [0.1, 0.15) is 33.6 Å². The van der Waals surface area contributed by atoms with Crippen molar-refractivity contribution in [3.63, 3.8) is 0 Å². The van der Waals surface area contributed by atoms with Crippen molar-refractivity contribution >= 4 is 23.9 Å². The molecule has 0 unspecified atom stereocenters. The van der Waals surface area contributed by atoms with Crippen LogP contribution in [0.2, 0.25) is 0 Å². The van der Waals surface area contributed by atoms with E-state index in [-0.39, 0.29) is 5.91 Å². The van der Waals surface area contributed by atoms with Crippen LogP contribution in [0.15, 0.2) is 58.5 Å². The quantitative estimate of drug-likeness (QED) is 0.345. The van der Waals surface area contributed by atoms with Crippen molar-refractivity contribution in [1.29, 1.82) is 0 Å². The lowest BCUT2D eigenvalue weighted by molar-refractivity contribution is -0.118. The molecule has 0 bridgehead atoms. The molecule has 5 heteroatoms. The molecule has 0 fully saturated rings. The van der Waals surface area contributed by atoms with E-state index in [1.807, 2.05) is 31.2 Å². The summed E-state index contributed by atoms with van der Waals surface area (Å²) in [6, 6.07) is 16.8. The molecule has 1 aromatic heterocycles. The highest BCUT2D eigenvalue weighted by atomic mass is 32.2. The van der Waals surface area contributed by atoms with Crippen LogP contribution in [0, 0.1) is 34.6 Å². The number of carbonyl (C=O) groups is 1. The molecule has 3 rings (SSSR count). The maximum Gasteiger partial charge on any atom is 0.250 e. The topological polar surface area (TPSA) is 46.4 Å². The second-order valence-electron chi connectivity index (χ2n) is 7.40. The number of nitrogens with one attached hydrogen (secondary N) is 1. The second kappa shape index (κ2) is 9.14. The standard InChI is InChI=1S/C24H27N3OS/c1-16-6-8-23(9-7-16)29-15-24(28)26-25-14-21-13-19(4)27(20(21)5)22-11-17(2)10-18(3)12-22/h6-14H,15H2,1-5H3,(H,26,28)/b25-14-. The first-order chi connectivity index (χ1) is 13.8. The minimum absolute atomic E-state index is 0.116. The fourth-order valence-corrected chi connectivity index (χ4v) is 4.08. The van der Waals surface area contributed by atoms with Gasteiger partial charge in [-0.25, -0.2) is 5.43 Å². The lowest BCUT2D eigenvalue weighted by Crippen LogP contribution is -2.19. The molecule has 29 heavy (non-hydrogen) atoms. The third kappa shape index (κ3) is 5.39. The molecule has 1 amide bonds. The number of benzene rings is 2. The Kier molecular flexibility index (Phi) is 6.60. The predicted molar refractivity (Wildman–Crippen MR) is 122 cm³/mol. The first kappa shape index (κ1) is 20.9. The number of rotatable bonds is 6. The van der Waals surface area contributed by atoms with Crippen molar-refractivity contribution in [2.75, 3.05) is 5.75 Å². The van der Waals surface area contributed by atoms with Crippen LogP contribution in [0.25, 0.3) is 5.69 Å². The zero-order valence-corrected chi connectivity index (χ0v) is 18.4. The monoisotopic (exact) mass is 405 g/mol. The van der Waals surface area contributed by atoms with Gasteiger partial charge in [0.25, 0.3) is 0 Å². The fraction of sp³-hybridized carbons (Fsp3) is 0.250. The number of aryl methyl sites for hydroxylation is 4. The number of hydrazone groups is 1. The summed E-state index contributed by atoms with van der Waals surface area (Å²) >= 11 is 1.50. The third-order valence-electron chi connectivity index (χ3n) is 4.72. The summed E-state index contributed by atoms with van der Waals surface area (Å²) < 4.78 is 2.22. The summed E-state index contributed by atoms with van der Waals surface area (Å²) in [4.78, 5) is 13.2. The summed E-state index contributed by atoms with van der Waals surface area (Å²) in [6.45, 7) is 10.4. The van der Waals surface area contributed by atoms with E-state index < -0.39 is 0 Å². The molecule has 0 saturated heterocycles. The number of thioether (sulfide) groups is 1. The molecular formula is C24H27N3OS. The minimum Gasteiger partial charge on any atom is -0.318 e. The van der Waals surface area contributed by atoms with Gasteiger partial charge in [0.05, 0.1) is 12.0 Å². The van der Waals surface area contributed by atoms with Gasteiger partial charge in [0.15, 0.2) is 0 Å². The molecule has 0 spiro atoms. The van der Waals surface area contributed by atoms with Gasteiger partial charge in [-0.05, 0) is 76.1 Å². The summed E-state index contributed by atoms with van der Waals surface area (Å²) in [6.07, 6.45) is 1.72. The van der Waals surface area contributed by atoms with Gasteiger partial charge < -0.3 is 4.57 Å². The number of hydrogen-bond donors (Lipinski definition) is 1. The lowest BCUT2D eigenvalue weighted by Gasteiger charge is -2.11. The van der Waals surface area contributed by atoms with Crippen LogP contribution in [0.3, 0.4) is 0 Å². The van der Waals surface area contributed by atoms with Crippen molar-refractivity contribution in [3.8, 4) is 5.69 Å². The molecule has 1 N–H and O–H groups in total. The third-order valence-corrected chi connectivity index (χ3v) is 5.73. The van der Waals surface area contributed by atoms with Crippen molar-refractivity contribution in [2.45, 2.75) is 39.5 Å². The van der Waals surface area contributed by atoms with Crippen LogP contribution in [0.5, 0.6) is 0 Å². The molecule has 0 atom stereocenters. The SMILES string of the molecule is Cc1ccc(SCC(=O)N/N=C\c2cc(C)n(-c3cc(C)cc(C)c3)c2C)cc1. The van der Waals surface area contributed by atoms with Crippen LogP contribution in [-0.4, -0.2) is 22.4 Å². The average Bonchev–Trinajstić information content (AvgIpc) is 2.94. The van der Waals surface area contributed by atoms with E-state index in [2.05, 4.69) is 67.1 Å². The van der Waals surface area contributed by atoms with Crippen LogP contribution >= 0.6 is 11.8 Å². The number of aromatic nitrogens is 1. The average molecular weight is 406 g/mol. The van der Waals surface area contributed by atoms with Crippen LogP contribution in [-0.2, 0) is 4.79 Å². The van der Waals surface area contributed by atoms with E-state index in [1.165, 1.54) is 28.5 Å². The molecule has 0 aliphatic heterocycles. The predicted octanol–water partition coefficient (Wildman–Crippen LogP) is 5.26. The van der Waals surface area contributed by atoms with Gasteiger partial charge in [-0.1, -0.05) is 23.8 Å². The largest absolute Gasteiger partial charge is 0.318 e. The van der Waals surface area contributed by atoms with Gasteiger partial charge in [0.2, 0.25) is 5.91 Å². The van der Waals surface area contributed by atoms with Gasteiger partial charge >= 0.3 is 0 Å². The van der Waals surface area contributed by atoms with Crippen LogP contribution in [0.4, 0.5) is 0 Å². The maximum atomic E-state index is 12.1. The van der Waals surface area contributed by atoms with Gasteiger partial charge in [-0.3, -0.25) is 4.79 Å². The Morgan fingerprint density at radius 1 is 0.966 bits per heavy atom. The van der Waals surface area contributed by atoms with E-state index in [1.54, 1.807) is 6.21 Å². The summed E-state index contributed by atoms with van der Waals surface area (Å²) in [5.74, 6) is 0.220. The molecule has 4 nitrogen and oxygen atoms in total. The molecule has 0 aliphatic carbocycles. The molecule has 0 radical (unpaired) electrons. The summed E-state index contributed by atoms with van der Waals surface area (Å²) in [5, 5.41) is 4.16. The smallest absolute Gasteiger partial charge is 0.250 e. The van der Waals surface area contributed by atoms with E-state index in [0.717, 1.165) is 27.5 Å². The maximum absolute atomic E-state index is 12.1. The molecule has 0 saturated carbocycles. The lowest BCUT2D eigenvalue weighted by atomic mass is 10.1. The Hall–Kier alpha value is -2.79. The zero-order valence-electron chi connectivity index (χ0n) is 17.6. The van der Waals surface area contributed by atoms with Gasteiger partial charge in [-0.2, -0.15) is 5.10 Å². The Bertz CT molecular complexity index is 1030. The molecule has 1 heterocycles. The van der Waals surface area contributed by atoms with Crippen molar-refractivity contribution in [3.05, 3.63) is 82.2 Å². The van der Waals surface area contributed by atoms with Gasteiger partial charge in [-0.15, -0.1) is 11.8 Å². The Morgan fingerprint density at radius 2 is 1.62 bits per heavy atom. The van der Waals surface area contributed by atoms with E-state index >= 15 is 0 Å². The van der Waals surface area contributed by atoms with E-state index in [9.17, 15) is 4.79 Å². The Morgan fingerprint density at radius 3 is 2.28 bits per heavy atom. The highest BCUT2D eigenvalue weighted by molar-refractivity contribution is 8.00. The van der Waals surface area contributed by atoms with E-state index in [0.29, 0.717) is 5.75 Å². The normalized spacial score (nSPS) is 11.2. The highest BCUT2D eigenvalue weighted by Crippen LogP contribution is 2.22. The fourth-order valence-electron chi connectivity index (χ4n) is 3.38. The molecule has 0 aliphatic rings. The first-order valence-corrected chi connectivity index (χ1v) is 10.6. The Labute approximate surface area is 177 Å². The molecule has 3 aromatic rings. The van der Waals surface area contributed by atoms with Gasteiger partial charge in [0.1, 0.15) is 0 Å². The highest BCUT2D eigenvalue weighted by Gasteiger charge is 2.10. The Balaban J connectivity index is 1.65. The summed E-state index contributed by atoms with van der Waals surface area (Å²) in [7, 11) is 0. The van der Waals surface area contributed by atoms with Gasteiger partial charge in [0, 0.05) is 27.5 Å². The molecule has 2 aromatic carbocycles. The van der Waals surface area contributed by atoms with E-state index in [4.69, 9.17) is 0 Å². The van der Waals surface area contributed by atoms with Crippen molar-refractivity contribution in [1.82, 2.24) is 9.99 Å². The minimum atomic E-state index is -0.116. The van der Waals surface area contributed by atoms with Crippen molar-refractivity contribution in [2.24, 2.45) is 5.10 Å². The molecular weight excluding hydrogens is 378 g/mol. The van der Waals surface area contributed by atoms with Crippen molar-refractivity contribution < 1.29 is 4.79 Å². The first-order valence-electron chi connectivity index (χ1n) is 9.62. The summed E-state index contributed by atoms with van der Waals surface area (Å²) in [5.41, 5.74) is 10.7. The zero-order chi connectivity index (χ0) is 21.0. The number of amides is 1. The number of hydrogen-bond acceptors (Lipinski definition) is 3. The molecule has 150 valence electrons.